The Morgan fingerprint density at radius 1 is 1.35 bits per heavy atom. The second-order valence-corrected chi connectivity index (χ2v) is 6.95. The molecule has 0 fully saturated rings. The van der Waals surface area contributed by atoms with Crippen LogP contribution in [0.4, 0.5) is 5.00 Å². The Morgan fingerprint density at radius 2 is 2.12 bits per heavy atom. The molecule has 0 saturated carbocycles. The number of hydrogen-bond donors (Lipinski definition) is 2. The van der Waals surface area contributed by atoms with E-state index in [2.05, 4.69) is 27.9 Å². The third-order valence-electron chi connectivity index (χ3n) is 1.88. The minimum Gasteiger partial charge on any atom is -0.477 e. The van der Waals surface area contributed by atoms with Gasteiger partial charge in [-0.1, -0.05) is 0 Å². The molecule has 0 radical (unpaired) electrons. The molecule has 0 aliphatic rings. The number of rotatable bonds is 3. The smallest absolute Gasteiger partial charge is 0.345 e. The second-order valence-electron chi connectivity index (χ2n) is 3.06. The second kappa shape index (κ2) is 5.15. The Morgan fingerprint density at radius 3 is 2.65 bits per heavy atom. The van der Waals surface area contributed by atoms with E-state index in [0.717, 1.165) is 14.2 Å². The van der Waals surface area contributed by atoms with Crippen molar-refractivity contribution in [1.29, 1.82) is 0 Å². The van der Waals surface area contributed by atoms with Crippen LogP contribution in [0.5, 0.6) is 0 Å². The lowest BCUT2D eigenvalue weighted by molar-refractivity contribution is 0.0702. The van der Waals surface area contributed by atoms with Gasteiger partial charge in [-0.2, -0.15) is 0 Å². The molecule has 88 valence electrons. The molecule has 17 heavy (non-hydrogen) atoms. The van der Waals surface area contributed by atoms with Gasteiger partial charge in [0, 0.05) is 5.38 Å². The monoisotopic (exact) mass is 379 g/mol. The lowest BCUT2D eigenvalue weighted by Gasteiger charge is -1.98. The van der Waals surface area contributed by atoms with Gasteiger partial charge in [-0.05, 0) is 40.8 Å². The zero-order valence-electron chi connectivity index (χ0n) is 8.27. The van der Waals surface area contributed by atoms with Crippen LogP contribution in [0.3, 0.4) is 0 Å². The molecule has 1 amide bonds. The summed E-state index contributed by atoms with van der Waals surface area (Å²) in [7, 11) is 0. The minimum atomic E-state index is -0.986. The lowest BCUT2D eigenvalue weighted by atomic mass is 10.3. The summed E-state index contributed by atoms with van der Waals surface area (Å²) in [6.07, 6.45) is 0. The van der Waals surface area contributed by atoms with Gasteiger partial charge in [-0.25, -0.2) is 4.79 Å². The van der Waals surface area contributed by atoms with Crippen LogP contribution < -0.4 is 5.32 Å². The number of anilines is 1. The average Bonchev–Trinajstić information content (AvgIpc) is 2.86. The number of carbonyl (C=O) groups is 2. The molecule has 0 bridgehead atoms. The fourth-order valence-electron chi connectivity index (χ4n) is 1.13. The highest BCUT2D eigenvalue weighted by Gasteiger charge is 2.11. The van der Waals surface area contributed by atoms with Gasteiger partial charge < -0.3 is 10.4 Å². The van der Waals surface area contributed by atoms with E-state index in [1.807, 2.05) is 0 Å². The van der Waals surface area contributed by atoms with Crippen molar-refractivity contribution in [2.45, 2.75) is 0 Å². The number of carbonyl (C=O) groups excluding carboxylic acids is 1. The maximum Gasteiger partial charge on any atom is 0.345 e. The highest BCUT2D eigenvalue weighted by Crippen LogP contribution is 2.23. The molecule has 2 rings (SSSR count). The number of hydrogen-bond acceptors (Lipinski definition) is 4. The molecule has 0 aliphatic carbocycles. The van der Waals surface area contributed by atoms with Crippen LogP contribution >= 0.6 is 45.3 Å². The zero-order valence-corrected chi connectivity index (χ0v) is 12.1. The van der Waals surface area contributed by atoms with E-state index in [1.165, 1.54) is 17.4 Å². The van der Waals surface area contributed by atoms with E-state index < -0.39 is 5.97 Å². The standard InChI is InChI=1S/C10H6INO3S2/c11-7-3-5(4-16-7)9(13)12-8-2-1-6(17-8)10(14)15/h1-4H,(H,12,13)(H,14,15). The number of thiophene rings is 2. The molecule has 0 saturated heterocycles. The molecular formula is C10H6INO3S2. The number of aromatic carboxylic acids is 1. The van der Waals surface area contributed by atoms with E-state index in [-0.39, 0.29) is 10.8 Å². The first-order valence-electron chi connectivity index (χ1n) is 4.45. The predicted molar refractivity (Wildman–Crippen MR) is 76.3 cm³/mol. The Labute approximate surface area is 118 Å². The lowest BCUT2D eigenvalue weighted by Crippen LogP contribution is -2.09. The van der Waals surface area contributed by atoms with E-state index in [0.29, 0.717) is 10.6 Å². The first-order chi connectivity index (χ1) is 8.06. The van der Waals surface area contributed by atoms with Gasteiger partial charge in [0.05, 0.1) is 13.4 Å². The molecule has 2 N–H and O–H groups in total. The van der Waals surface area contributed by atoms with Gasteiger partial charge in [-0.15, -0.1) is 22.7 Å². The quantitative estimate of drug-likeness (QED) is 0.804. The molecule has 2 aromatic heterocycles. The Kier molecular flexibility index (Phi) is 3.79. The van der Waals surface area contributed by atoms with Crippen LogP contribution in [0.15, 0.2) is 23.6 Å². The molecule has 2 aromatic rings. The topological polar surface area (TPSA) is 66.4 Å². The Bertz CT molecular complexity index is 576. The predicted octanol–water partition coefficient (Wildman–Crippen LogP) is 3.36. The van der Waals surface area contributed by atoms with Crippen molar-refractivity contribution in [3.8, 4) is 0 Å². The molecule has 0 spiro atoms. The third kappa shape index (κ3) is 3.05. The average molecular weight is 379 g/mol. The minimum absolute atomic E-state index is 0.209. The Hall–Kier alpha value is -0.930. The molecule has 2 heterocycles. The van der Waals surface area contributed by atoms with Gasteiger partial charge in [0.25, 0.3) is 5.91 Å². The van der Waals surface area contributed by atoms with Crippen molar-refractivity contribution < 1.29 is 14.7 Å². The van der Waals surface area contributed by atoms with Crippen LogP contribution in [-0.2, 0) is 0 Å². The van der Waals surface area contributed by atoms with E-state index in [9.17, 15) is 9.59 Å². The Balaban J connectivity index is 2.10. The number of carboxylic acids is 1. The SMILES string of the molecule is O=C(Nc1ccc(C(=O)O)s1)c1csc(I)c1. The van der Waals surface area contributed by atoms with Gasteiger partial charge in [0.2, 0.25) is 0 Å². The molecule has 4 nitrogen and oxygen atoms in total. The highest BCUT2D eigenvalue weighted by atomic mass is 127. The molecule has 0 atom stereocenters. The van der Waals surface area contributed by atoms with Gasteiger partial charge in [0.1, 0.15) is 4.88 Å². The van der Waals surface area contributed by atoms with Crippen LogP contribution in [0.2, 0.25) is 0 Å². The van der Waals surface area contributed by atoms with Crippen molar-refractivity contribution in [2.24, 2.45) is 0 Å². The summed E-state index contributed by atoms with van der Waals surface area (Å²) in [5.41, 5.74) is 0.588. The van der Waals surface area contributed by atoms with Gasteiger partial charge >= 0.3 is 5.97 Å². The fraction of sp³-hybridized carbons (Fsp3) is 0. The first-order valence-corrected chi connectivity index (χ1v) is 7.22. The van der Waals surface area contributed by atoms with Gasteiger partial charge in [0.15, 0.2) is 0 Å². The highest BCUT2D eigenvalue weighted by molar-refractivity contribution is 14.1. The van der Waals surface area contributed by atoms with Crippen molar-refractivity contribution in [2.75, 3.05) is 5.32 Å². The fourth-order valence-corrected chi connectivity index (χ4v) is 3.20. The van der Waals surface area contributed by atoms with E-state index in [1.54, 1.807) is 17.5 Å². The summed E-state index contributed by atoms with van der Waals surface area (Å²) in [5, 5.41) is 13.7. The van der Waals surface area contributed by atoms with E-state index in [4.69, 9.17) is 5.11 Å². The molecule has 0 unspecified atom stereocenters. The van der Waals surface area contributed by atoms with Crippen molar-refractivity contribution >= 4 is 62.1 Å². The number of nitrogens with one attached hydrogen (secondary N) is 1. The van der Waals surface area contributed by atoms with Gasteiger partial charge in [-0.3, -0.25) is 4.79 Å². The number of carboxylic acid groups (broad SMARTS) is 1. The largest absolute Gasteiger partial charge is 0.477 e. The number of halogens is 1. The molecule has 0 aromatic carbocycles. The normalized spacial score (nSPS) is 10.2. The van der Waals surface area contributed by atoms with E-state index >= 15 is 0 Å². The van der Waals surface area contributed by atoms with Crippen molar-refractivity contribution in [3.05, 3.63) is 36.9 Å². The summed E-state index contributed by atoms with van der Waals surface area (Å²) in [6.45, 7) is 0. The summed E-state index contributed by atoms with van der Waals surface area (Å²) in [6, 6.07) is 4.84. The summed E-state index contributed by atoms with van der Waals surface area (Å²) < 4.78 is 1.03. The van der Waals surface area contributed by atoms with Crippen LogP contribution in [0.1, 0.15) is 20.0 Å². The van der Waals surface area contributed by atoms with Crippen molar-refractivity contribution in [1.82, 2.24) is 0 Å². The first kappa shape index (κ1) is 12.5. The van der Waals surface area contributed by atoms with Crippen LogP contribution in [-0.4, -0.2) is 17.0 Å². The maximum atomic E-state index is 11.8. The van der Waals surface area contributed by atoms with Crippen LogP contribution in [0, 0.1) is 2.88 Å². The van der Waals surface area contributed by atoms with Crippen LogP contribution in [0.25, 0.3) is 0 Å². The number of amides is 1. The van der Waals surface area contributed by atoms with Crippen molar-refractivity contribution in [3.63, 3.8) is 0 Å². The summed E-state index contributed by atoms with van der Waals surface area (Å²) in [5.74, 6) is -1.21. The summed E-state index contributed by atoms with van der Waals surface area (Å²) in [4.78, 5) is 22.6. The molecule has 7 heteroatoms. The molecule has 0 aliphatic heterocycles. The maximum absolute atomic E-state index is 11.8. The summed E-state index contributed by atoms with van der Waals surface area (Å²) >= 11 is 4.67. The molecular weight excluding hydrogens is 373 g/mol. The third-order valence-corrected chi connectivity index (χ3v) is 4.66. The zero-order chi connectivity index (χ0) is 12.4.